The lowest BCUT2D eigenvalue weighted by Crippen LogP contribution is -2.61. The zero-order valence-electron chi connectivity index (χ0n) is 20.4. The molecule has 7 rings (SSSR count). The van der Waals surface area contributed by atoms with Crippen molar-refractivity contribution in [2.75, 3.05) is 31.1 Å². The van der Waals surface area contributed by atoms with Gasteiger partial charge in [-0.05, 0) is 82.4 Å². The number of amides is 1. The molecule has 2 aromatic rings. The lowest BCUT2D eigenvalue weighted by molar-refractivity contribution is -0.384. The van der Waals surface area contributed by atoms with E-state index in [1.807, 2.05) is 32.0 Å². The van der Waals surface area contributed by atoms with Crippen LogP contribution in [0.1, 0.15) is 49.9 Å². The third kappa shape index (κ3) is 3.86. The quantitative estimate of drug-likeness (QED) is 0.316. The average molecular weight is 542 g/mol. The lowest BCUT2D eigenvalue weighted by atomic mass is 9.49. The molecule has 1 aromatic heterocycles. The Bertz CT molecular complexity index is 1190. The molecule has 1 aromatic carbocycles. The molecule has 2 atom stereocenters. The number of nitro groups is 1. The van der Waals surface area contributed by atoms with Gasteiger partial charge in [-0.3, -0.25) is 14.9 Å². The molecule has 0 N–H and O–H groups in total. The van der Waals surface area contributed by atoms with Crippen molar-refractivity contribution < 1.29 is 9.72 Å². The number of hydrogen-bond acceptors (Lipinski definition) is 5. The number of nitrogens with zero attached hydrogens (tertiary/aromatic N) is 5. The van der Waals surface area contributed by atoms with Crippen LogP contribution in [0.15, 0.2) is 24.3 Å². The summed E-state index contributed by atoms with van der Waals surface area (Å²) in [6, 6.07) is 7.17. The topological polar surface area (TPSA) is 84.5 Å². The van der Waals surface area contributed by atoms with E-state index in [2.05, 4.69) is 30.8 Å². The molecule has 4 aliphatic carbocycles. The van der Waals surface area contributed by atoms with Crippen molar-refractivity contribution in [3.63, 3.8) is 0 Å². The summed E-state index contributed by atoms with van der Waals surface area (Å²) in [5.41, 5.74) is 2.96. The van der Waals surface area contributed by atoms with Crippen LogP contribution < -0.4 is 4.90 Å². The van der Waals surface area contributed by atoms with Crippen molar-refractivity contribution in [3.05, 3.63) is 45.8 Å². The van der Waals surface area contributed by atoms with Crippen molar-refractivity contribution in [1.29, 1.82) is 0 Å². The second-order valence-corrected chi connectivity index (χ2v) is 13.1. The maximum Gasteiger partial charge on any atom is 0.295 e. The monoisotopic (exact) mass is 541 g/mol. The second-order valence-electron chi connectivity index (χ2n) is 11.4. The first-order chi connectivity index (χ1) is 16.6. The Kier molecular flexibility index (Phi) is 5.29. The Morgan fingerprint density at radius 3 is 2.34 bits per heavy atom. The summed E-state index contributed by atoms with van der Waals surface area (Å²) in [6.07, 6.45) is 6.86. The highest BCUT2D eigenvalue weighted by atomic mass is 79.9. The number of piperazine rings is 1. The van der Waals surface area contributed by atoms with Gasteiger partial charge in [0.2, 0.25) is 5.91 Å². The first kappa shape index (κ1) is 23.0. The van der Waals surface area contributed by atoms with Crippen LogP contribution in [0, 0.1) is 41.2 Å². The van der Waals surface area contributed by atoms with Gasteiger partial charge in [0.05, 0.1) is 16.0 Å². The molecule has 35 heavy (non-hydrogen) atoms. The van der Waals surface area contributed by atoms with Gasteiger partial charge in [0.1, 0.15) is 5.69 Å². The summed E-state index contributed by atoms with van der Waals surface area (Å²) in [5, 5.41) is 16.2. The molecule has 1 aliphatic heterocycles. The van der Waals surface area contributed by atoms with Crippen LogP contribution in [0.3, 0.4) is 0 Å². The van der Waals surface area contributed by atoms with E-state index in [-0.39, 0.29) is 20.3 Å². The van der Waals surface area contributed by atoms with Gasteiger partial charge in [-0.15, -0.1) is 0 Å². The first-order valence-corrected chi connectivity index (χ1v) is 13.5. The molecule has 2 heterocycles. The van der Waals surface area contributed by atoms with Crippen molar-refractivity contribution in [1.82, 2.24) is 14.7 Å². The molecule has 9 heteroatoms. The minimum atomic E-state index is -0.353. The number of carbonyl (C=O) groups is 1. The fourth-order valence-corrected chi connectivity index (χ4v) is 9.26. The minimum Gasteiger partial charge on any atom is -0.368 e. The molecule has 1 amide bonds. The number of aromatic nitrogens is 2. The zero-order valence-corrected chi connectivity index (χ0v) is 22.0. The van der Waals surface area contributed by atoms with E-state index in [1.165, 1.54) is 19.3 Å². The summed E-state index contributed by atoms with van der Waals surface area (Å²) < 4.78 is 1.83. The van der Waals surface area contributed by atoms with Crippen molar-refractivity contribution in [3.8, 4) is 5.69 Å². The normalized spacial score (nSPS) is 31.7. The molecule has 186 valence electrons. The SMILES string of the molecule is Cc1cc(C)n(-c2cc(N3CCN(C(=O)C45C[C@@H]6C[C@H](CC(Br)(C6)C4)C5)CC3)ccc2[N+](=O)[O-])n1. The van der Waals surface area contributed by atoms with Crippen molar-refractivity contribution >= 4 is 33.2 Å². The highest BCUT2D eigenvalue weighted by molar-refractivity contribution is 9.10. The van der Waals surface area contributed by atoms with Gasteiger partial charge in [0.25, 0.3) is 5.69 Å². The number of rotatable bonds is 4. The van der Waals surface area contributed by atoms with Crippen LogP contribution in [-0.2, 0) is 4.79 Å². The predicted molar refractivity (Wildman–Crippen MR) is 137 cm³/mol. The van der Waals surface area contributed by atoms with Gasteiger partial charge in [-0.2, -0.15) is 5.10 Å². The third-order valence-electron chi connectivity index (χ3n) is 8.77. The van der Waals surface area contributed by atoms with Crippen molar-refractivity contribution in [2.24, 2.45) is 17.3 Å². The highest BCUT2D eigenvalue weighted by Gasteiger charge is 2.60. The summed E-state index contributed by atoms with van der Waals surface area (Å²) in [5.74, 6) is 1.74. The Hall–Kier alpha value is -2.42. The summed E-state index contributed by atoms with van der Waals surface area (Å²) >= 11 is 4.04. The van der Waals surface area contributed by atoms with Gasteiger partial charge in [0.15, 0.2) is 0 Å². The minimum absolute atomic E-state index is 0.0410. The molecule has 0 radical (unpaired) electrons. The maximum atomic E-state index is 13.8. The number of halogens is 1. The van der Waals surface area contributed by atoms with Gasteiger partial charge < -0.3 is 9.80 Å². The van der Waals surface area contributed by atoms with E-state index >= 15 is 0 Å². The second kappa shape index (κ2) is 8.05. The molecule has 0 spiro atoms. The van der Waals surface area contributed by atoms with Crippen LogP contribution in [0.4, 0.5) is 11.4 Å². The van der Waals surface area contributed by atoms with E-state index in [9.17, 15) is 14.9 Å². The van der Waals surface area contributed by atoms with Crippen LogP contribution in [0.5, 0.6) is 0 Å². The number of aryl methyl sites for hydroxylation is 2. The third-order valence-corrected chi connectivity index (χ3v) is 9.70. The Morgan fingerprint density at radius 2 is 1.77 bits per heavy atom. The standard InChI is InChI=1S/C26H32BrN5O3/c1-17-9-18(2)31(28-17)23-11-21(3-4-22(23)32(34)35)29-5-7-30(8-6-29)24(33)25-12-19-10-20(13-25)15-26(27,14-19)16-25/h3-4,9,11,19-20H,5-8,10,12-16H2,1-2H3/t19-,20-,25?,26?/m0/s1. The highest BCUT2D eigenvalue weighted by Crippen LogP contribution is 2.64. The fraction of sp³-hybridized carbons (Fsp3) is 0.615. The molecule has 0 unspecified atom stereocenters. The first-order valence-electron chi connectivity index (χ1n) is 12.7. The molecule has 1 saturated heterocycles. The largest absolute Gasteiger partial charge is 0.368 e. The van der Waals surface area contributed by atoms with Gasteiger partial charge >= 0.3 is 0 Å². The number of alkyl halides is 1. The number of nitro benzene ring substituents is 1. The Morgan fingerprint density at radius 1 is 1.09 bits per heavy atom. The molecular formula is C26H32BrN5O3. The average Bonchev–Trinajstić information content (AvgIpc) is 3.14. The molecule has 4 bridgehead atoms. The van der Waals surface area contributed by atoms with Gasteiger partial charge in [-0.1, -0.05) is 15.9 Å². The maximum absolute atomic E-state index is 13.8. The van der Waals surface area contributed by atoms with Crippen LogP contribution in [0.25, 0.3) is 5.69 Å². The molecular weight excluding hydrogens is 510 g/mol. The van der Waals surface area contributed by atoms with Crippen LogP contribution in [-0.4, -0.2) is 56.0 Å². The van der Waals surface area contributed by atoms with Crippen LogP contribution in [0.2, 0.25) is 0 Å². The number of anilines is 1. The molecule has 5 aliphatic rings. The summed E-state index contributed by atoms with van der Waals surface area (Å²) in [6.45, 7) is 6.62. The van der Waals surface area contributed by atoms with E-state index in [1.54, 1.807) is 10.7 Å². The van der Waals surface area contributed by atoms with E-state index in [4.69, 9.17) is 0 Å². The lowest BCUT2D eigenvalue weighted by Gasteiger charge is -2.60. The number of benzene rings is 1. The summed E-state index contributed by atoms with van der Waals surface area (Å²) in [7, 11) is 0. The van der Waals surface area contributed by atoms with E-state index < -0.39 is 0 Å². The molecule has 5 fully saturated rings. The van der Waals surface area contributed by atoms with Gasteiger partial charge in [0, 0.05) is 48.0 Å². The number of hydrogen-bond donors (Lipinski definition) is 0. The number of carbonyl (C=O) groups excluding carboxylic acids is 1. The van der Waals surface area contributed by atoms with Crippen LogP contribution >= 0.6 is 15.9 Å². The summed E-state index contributed by atoms with van der Waals surface area (Å²) in [4.78, 5) is 29.5. The van der Waals surface area contributed by atoms with E-state index in [0.717, 1.165) is 49.4 Å². The van der Waals surface area contributed by atoms with Crippen molar-refractivity contribution in [2.45, 2.75) is 56.7 Å². The predicted octanol–water partition coefficient (Wildman–Crippen LogP) is 4.78. The smallest absolute Gasteiger partial charge is 0.295 e. The van der Waals surface area contributed by atoms with Gasteiger partial charge in [-0.25, -0.2) is 4.68 Å². The molecule has 8 nitrogen and oxygen atoms in total. The zero-order chi connectivity index (χ0) is 24.5. The Balaban J connectivity index is 1.20. The Labute approximate surface area is 213 Å². The molecule has 4 saturated carbocycles. The fourth-order valence-electron chi connectivity index (χ4n) is 7.81. The van der Waals surface area contributed by atoms with E-state index in [0.29, 0.717) is 36.5 Å².